The Morgan fingerprint density at radius 3 is 2.56 bits per heavy atom. The largest absolute Gasteiger partial charge is 0.419 e. The van der Waals surface area contributed by atoms with Crippen molar-refractivity contribution in [3.05, 3.63) is 35.3 Å². The third-order valence-corrected chi connectivity index (χ3v) is 7.58. The van der Waals surface area contributed by atoms with Crippen LogP contribution >= 0.6 is 0 Å². The Bertz CT molecular complexity index is 1100. The van der Waals surface area contributed by atoms with E-state index in [9.17, 15) is 22.8 Å². The third-order valence-electron chi connectivity index (χ3n) is 7.58. The standard InChI is InChI=1S/C31H49F3N5O2/c1-8-9-14-27(35-17-13-19-38-18-11-10-16-28(38)40)25(31(32,33)34)21-36-24(5)37-26-15-12-20-39(23(26)4)30(6,7)29(41)22(2)3/h14-15,21-22,35H,8-13,16-20H2,1-7H3,(H,36,37)/q+1/b25-21+,27-14-. The maximum absolute atomic E-state index is 14.2. The summed E-state index contributed by atoms with van der Waals surface area (Å²) in [5.41, 5.74) is 0.0311. The molecule has 1 saturated heterocycles. The fourth-order valence-electron chi connectivity index (χ4n) is 5.32. The lowest BCUT2D eigenvalue weighted by molar-refractivity contribution is -0.586. The van der Waals surface area contributed by atoms with Gasteiger partial charge in [0.2, 0.25) is 17.2 Å². The highest BCUT2D eigenvalue weighted by molar-refractivity contribution is 6.00. The van der Waals surface area contributed by atoms with E-state index in [0.29, 0.717) is 64.1 Å². The zero-order valence-corrected chi connectivity index (χ0v) is 25.9. The van der Waals surface area contributed by atoms with E-state index in [4.69, 9.17) is 0 Å². The molecule has 2 aliphatic heterocycles. The van der Waals surface area contributed by atoms with Gasteiger partial charge < -0.3 is 15.5 Å². The zero-order valence-electron chi connectivity index (χ0n) is 25.9. The second-order valence-electron chi connectivity index (χ2n) is 11.6. The smallest absolute Gasteiger partial charge is 0.385 e. The Labute approximate surface area is 243 Å². The summed E-state index contributed by atoms with van der Waals surface area (Å²) >= 11 is 0. The van der Waals surface area contributed by atoms with Gasteiger partial charge in [0.05, 0.1) is 5.57 Å². The Morgan fingerprint density at radius 2 is 1.95 bits per heavy atom. The number of hydrogen-bond acceptors (Lipinski definition) is 4. The number of nitrogens with one attached hydrogen (secondary N) is 2. The second-order valence-corrected chi connectivity index (χ2v) is 11.6. The molecule has 0 aromatic heterocycles. The summed E-state index contributed by atoms with van der Waals surface area (Å²) in [6, 6.07) is 0. The number of Topliss-reactive ketones (excluding diaryl/α,β-unsaturated/α-hetero) is 1. The number of unbranched alkanes of at least 4 members (excludes halogenated alkanes) is 1. The van der Waals surface area contributed by atoms with E-state index in [0.717, 1.165) is 30.5 Å². The van der Waals surface area contributed by atoms with Gasteiger partial charge in [-0.25, -0.2) is 9.57 Å². The Balaban J connectivity index is 2.21. The molecule has 1 fully saturated rings. The van der Waals surface area contributed by atoms with E-state index in [-0.39, 0.29) is 23.3 Å². The minimum atomic E-state index is -4.61. The van der Waals surface area contributed by atoms with Gasteiger partial charge in [-0.05, 0) is 38.7 Å². The molecular formula is C31H49F3N5O2+. The number of carbonyl (C=O) groups is 2. The van der Waals surface area contributed by atoms with Crippen LogP contribution in [-0.2, 0) is 9.59 Å². The number of carbonyl (C=O) groups excluding carboxylic acids is 2. The number of amides is 1. The minimum Gasteiger partial charge on any atom is -0.385 e. The summed E-state index contributed by atoms with van der Waals surface area (Å²) in [5, 5.41) is 6.11. The Morgan fingerprint density at radius 1 is 1.24 bits per heavy atom. The number of alkyl halides is 3. The summed E-state index contributed by atoms with van der Waals surface area (Å²) in [6.45, 7) is 15.3. The van der Waals surface area contributed by atoms with Crippen molar-refractivity contribution >= 4 is 23.2 Å². The number of nitrogens with zero attached hydrogens (tertiary/aromatic N) is 3. The molecule has 0 aliphatic carbocycles. The maximum Gasteiger partial charge on any atom is 0.419 e. The first-order valence-corrected chi connectivity index (χ1v) is 14.9. The van der Waals surface area contributed by atoms with E-state index in [1.165, 1.54) is 0 Å². The first-order chi connectivity index (χ1) is 19.2. The molecule has 0 radical (unpaired) electrons. The van der Waals surface area contributed by atoms with Gasteiger partial charge in [-0.15, -0.1) is 0 Å². The van der Waals surface area contributed by atoms with Gasteiger partial charge in [0.1, 0.15) is 18.1 Å². The van der Waals surface area contributed by atoms with Crippen molar-refractivity contribution < 1.29 is 27.3 Å². The fraction of sp³-hybridized carbons (Fsp3) is 0.677. The van der Waals surface area contributed by atoms with Crippen molar-refractivity contribution in [2.24, 2.45) is 10.9 Å². The summed E-state index contributed by atoms with van der Waals surface area (Å²) in [5.74, 6) is 0.434. The first-order valence-electron chi connectivity index (χ1n) is 14.9. The first kappa shape index (κ1) is 34.3. The number of piperidine rings is 1. The van der Waals surface area contributed by atoms with Crippen LogP contribution in [0.2, 0.25) is 0 Å². The quantitative estimate of drug-likeness (QED) is 0.0938. The average Bonchev–Trinajstić information content (AvgIpc) is 2.89. The number of hydrogen-bond donors (Lipinski definition) is 2. The molecule has 2 rings (SSSR count). The lowest BCUT2D eigenvalue weighted by Gasteiger charge is -2.27. The molecular weight excluding hydrogens is 531 g/mol. The number of likely N-dealkylation sites (tertiary alicyclic amines) is 1. The number of ketones is 1. The molecule has 0 atom stereocenters. The number of allylic oxidation sites excluding steroid dienone is 3. The van der Waals surface area contributed by atoms with Gasteiger partial charge in [-0.2, -0.15) is 13.2 Å². The van der Waals surface area contributed by atoms with Crippen LogP contribution in [-0.4, -0.2) is 70.6 Å². The van der Waals surface area contributed by atoms with Crippen LogP contribution < -0.4 is 10.6 Å². The van der Waals surface area contributed by atoms with Crippen molar-refractivity contribution in [3.8, 4) is 0 Å². The van der Waals surface area contributed by atoms with E-state index in [2.05, 4.69) is 20.2 Å². The van der Waals surface area contributed by atoms with Gasteiger partial charge in [-0.1, -0.05) is 33.3 Å². The molecule has 0 spiro atoms. The molecule has 0 aromatic carbocycles. The van der Waals surface area contributed by atoms with E-state index in [1.54, 1.807) is 17.9 Å². The van der Waals surface area contributed by atoms with Crippen LogP contribution in [0.15, 0.2) is 40.3 Å². The SMILES string of the molecule is CCC/C=C(NCCCN1CCCCC1=O)/C(=C\N=C(C)NC1=CCC[N+](C(C)(C)C(=O)C(C)C)=C1C)C(F)(F)F. The van der Waals surface area contributed by atoms with Gasteiger partial charge in [0, 0.05) is 71.1 Å². The molecule has 7 nitrogen and oxygen atoms in total. The maximum atomic E-state index is 14.2. The Kier molecular flexibility index (Phi) is 12.8. The van der Waals surface area contributed by atoms with Crippen LogP contribution in [0.3, 0.4) is 0 Å². The van der Waals surface area contributed by atoms with Gasteiger partial charge in [-0.3, -0.25) is 9.59 Å². The molecule has 41 heavy (non-hydrogen) atoms. The molecule has 10 heteroatoms. The highest BCUT2D eigenvalue weighted by atomic mass is 19.4. The van der Waals surface area contributed by atoms with Crippen LogP contribution in [0.1, 0.15) is 93.4 Å². The fourth-order valence-corrected chi connectivity index (χ4v) is 5.32. The highest BCUT2D eigenvalue weighted by Crippen LogP contribution is 2.31. The normalized spacial score (nSPS) is 18.2. The van der Waals surface area contributed by atoms with Crippen LogP contribution in [0.5, 0.6) is 0 Å². The van der Waals surface area contributed by atoms with Crippen LogP contribution in [0, 0.1) is 5.92 Å². The number of rotatable bonds is 13. The van der Waals surface area contributed by atoms with E-state index in [1.807, 2.05) is 47.6 Å². The van der Waals surface area contributed by atoms with Gasteiger partial charge in [0.25, 0.3) is 0 Å². The molecule has 2 heterocycles. The predicted molar refractivity (Wildman–Crippen MR) is 159 cm³/mol. The van der Waals surface area contributed by atoms with Crippen molar-refractivity contribution in [1.82, 2.24) is 15.5 Å². The number of aliphatic imine (C=N–C) groups is 1. The Hall–Kier alpha value is -2.91. The van der Waals surface area contributed by atoms with Crippen molar-refractivity contribution in [2.45, 2.75) is 105 Å². The second kappa shape index (κ2) is 15.4. The molecule has 2 aliphatic rings. The molecule has 0 aromatic rings. The van der Waals surface area contributed by atoms with Gasteiger partial charge >= 0.3 is 6.18 Å². The van der Waals surface area contributed by atoms with Crippen molar-refractivity contribution in [1.29, 1.82) is 0 Å². The molecule has 0 saturated carbocycles. The lowest BCUT2D eigenvalue weighted by atomic mass is 9.89. The van der Waals surface area contributed by atoms with Crippen molar-refractivity contribution in [3.63, 3.8) is 0 Å². The lowest BCUT2D eigenvalue weighted by Crippen LogP contribution is -2.50. The van der Waals surface area contributed by atoms with Gasteiger partial charge in [0.15, 0.2) is 5.71 Å². The molecule has 2 N–H and O–H groups in total. The molecule has 0 bridgehead atoms. The zero-order chi connectivity index (χ0) is 30.8. The summed E-state index contributed by atoms with van der Waals surface area (Å²) < 4.78 is 44.6. The minimum absolute atomic E-state index is 0.000572. The summed E-state index contributed by atoms with van der Waals surface area (Å²) in [6.07, 6.45) is 4.66. The van der Waals surface area contributed by atoms with Crippen molar-refractivity contribution in [2.75, 3.05) is 26.2 Å². The topological polar surface area (TPSA) is 76.8 Å². The predicted octanol–water partition coefficient (Wildman–Crippen LogP) is 5.88. The third kappa shape index (κ3) is 9.85. The molecule has 0 unspecified atom stereocenters. The average molecular weight is 581 g/mol. The highest BCUT2D eigenvalue weighted by Gasteiger charge is 2.42. The monoisotopic (exact) mass is 580 g/mol. The van der Waals surface area contributed by atoms with E-state index < -0.39 is 17.3 Å². The summed E-state index contributed by atoms with van der Waals surface area (Å²) in [7, 11) is 0. The van der Waals surface area contributed by atoms with E-state index >= 15 is 0 Å². The van der Waals surface area contributed by atoms with Crippen LogP contribution in [0.25, 0.3) is 0 Å². The number of halogens is 3. The van der Waals surface area contributed by atoms with Crippen LogP contribution in [0.4, 0.5) is 13.2 Å². The molecule has 230 valence electrons. The molecule has 1 amide bonds. The number of amidine groups is 1. The summed E-state index contributed by atoms with van der Waals surface area (Å²) in [4.78, 5) is 30.9.